The number of aliphatic hydroxyl groups is 1. The highest BCUT2D eigenvalue weighted by atomic mass is 32.2. The van der Waals surface area contributed by atoms with Crippen molar-refractivity contribution in [3.8, 4) is 10.4 Å². The van der Waals surface area contributed by atoms with E-state index in [2.05, 4.69) is 15.6 Å². The highest BCUT2D eigenvalue weighted by molar-refractivity contribution is 8.02. The van der Waals surface area contributed by atoms with Gasteiger partial charge in [-0.1, -0.05) is 115 Å². The molecule has 0 spiro atoms. The highest BCUT2D eigenvalue weighted by Gasteiger charge is 2.55. The molecule has 1 saturated heterocycles. The zero-order chi connectivity index (χ0) is 38.8. The predicted molar refractivity (Wildman–Crippen MR) is 216 cm³/mol. The lowest BCUT2D eigenvalue weighted by Crippen LogP contribution is -2.61. The number of halogens is 1. The Bertz CT molecular complexity index is 2030. The Labute approximate surface area is 329 Å². The van der Waals surface area contributed by atoms with Crippen LogP contribution >= 0.6 is 23.1 Å². The van der Waals surface area contributed by atoms with E-state index in [9.17, 15) is 19.5 Å². The van der Waals surface area contributed by atoms with Crippen LogP contribution in [0, 0.1) is 6.92 Å². The fraction of sp³-hybridized carbons (Fsp3) is 0.318. The summed E-state index contributed by atoms with van der Waals surface area (Å²) in [5, 5.41) is 16.7. The maximum atomic E-state index is 15.4. The van der Waals surface area contributed by atoms with Crippen molar-refractivity contribution in [1.82, 2.24) is 20.5 Å². The molecule has 0 bridgehead atoms. The summed E-state index contributed by atoms with van der Waals surface area (Å²) in [6.07, 6.45) is -0.771. The van der Waals surface area contributed by atoms with Gasteiger partial charge in [-0.2, -0.15) is 0 Å². The second kappa shape index (κ2) is 15.7. The summed E-state index contributed by atoms with van der Waals surface area (Å²) in [5.74, 6) is -1.82. The van der Waals surface area contributed by atoms with E-state index < -0.39 is 51.1 Å². The number of carbonyl (C=O) groups excluding carboxylic acids is 3. The number of carbonyl (C=O) groups is 3. The number of hydrogen-bond acceptors (Lipinski definition) is 7. The Morgan fingerprint density at radius 3 is 1.95 bits per heavy atom. The van der Waals surface area contributed by atoms with E-state index in [0.29, 0.717) is 0 Å². The van der Waals surface area contributed by atoms with Crippen molar-refractivity contribution < 1.29 is 23.9 Å². The molecule has 1 unspecified atom stereocenters. The molecule has 1 aliphatic carbocycles. The highest BCUT2D eigenvalue weighted by Crippen LogP contribution is 2.54. The molecule has 2 aliphatic rings. The SMILES string of the molecule is Cc1ncsc1-c1ccc(CNC(=O)[C@@H]2C[C@H](O)CN2C(=O)C(NC(=O)C2(F)CC2)C(C)(C)SC(c2ccccc2)(c2ccccc2)c2ccccc2)cc1. The minimum atomic E-state index is -2.05. The number of alkyl halides is 1. The molecule has 3 amide bonds. The van der Waals surface area contributed by atoms with Gasteiger partial charge in [0.15, 0.2) is 5.67 Å². The Morgan fingerprint density at radius 2 is 1.45 bits per heavy atom. The van der Waals surface area contributed by atoms with Crippen molar-refractivity contribution in [3.05, 3.63) is 149 Å². The van der Waals surface area contributed by atoms with Gasteiger partial charge >= 0.3 is 0 Å². The van der Waals surface area contributed by atoms with Gasteiger partial charge in [-0.25, -0.2) is 9.37 Å². The van der Waals surface area contributed by atoms with Gasteiger partial charge in [0, 0.05) is 24.3 Å². The number of aromatic nitrogens is 1. The van der Waals surface area contributed by atoms with Crippen molar-refractivity contribution in [2.45, 2.75) is 79.9 Å². The molecule has 0 radical (unpaired) electrons. The summed E-state index contributed by atoms with van der Waals surface area (Å²) in [6, 6.07) is 35.5. The third kappa shape index (κ3) is 7.97. The third-order valence-electron chi connectivity index (χ3n) is 10.6. The lowest BCUT2D eigenvalue weighted by molar-refractivity contribution is -0.143. The van der Waals surface area contributed by atoms with Crippen molar-refractivity contribution in [2.24, 2.45) is 0 Å². The molecular weight excluding hydrogens is 732 g/mol. The van der Waals surface area contributed by atoms with Crippen LogP contribution in [0.5, 0.6) is 0 Å². The van der Waals surface area contributed by atoms with E-state index in [-0.39, 0.29) is 32.4 Å². The number of rotatable bonds is 13. The lowest BCUT2D eigenvalue weighted by atomic mass is 9.84. The second-order valence-corrected chi connectivity index (χ2v) is 17.7. The number of hydrogen-bond donors (Lipinski definition) is 3. The first-order valence-electron chi connectivity index (χ1n) is 18.5. The Balaban J connectivity index is 1.20. The first-order valence-corrected chi connectivity index (χ1v) is 20.2. The Hall–Kier alpha value is -4.84. The molecular formula is C44H45FN4O4S2. The van der Waals surface area contributed by atoms with Crippen LogP contribution < -0.4 is 10.6 Å². The molecule has 3 N–H and O–H groups in total. The number of amides is 3. The molecule has 284 valence electrons. The van der Waals surface area contributed by atoms with Crippen LogP contribution in [0.15, 0.2) is 121 Å². The van der Waals surface area contributed by atoms with E-state index in [1.165, 1.54) is 16.7 Å². The zero-order valence-electron chi connectivity index (χ0n) is 31.1. The molecule has 7 rings (SSSR count). The first-order chi connectivity index (χ1) is 26.4. The molecule has 2 heterocycles. The minimum absolute atomic E-state index is 0.0322. The van der Waals surface area contributed by atoms with Crippen LogP contribution in [-0.4, -0.2) is 67.9 Å². The molecule has 1 aliphatic heterocycles. The topological polar surface area (TPSA) is 112 Å². The van der Waals surface area contributed by atoms with Crippen LogP contribution in [-0.2, 0) is 25.7 Å². The standard InChI is InChI=1S/C44H45FN4O4S2/c1-29-37(54-28-47-29)31-21-19-30(20-22-31)26-46-39(51)36-25-35(50)27-49(36)40(52)38(48-41(53)43(45)23-24-43)42(2,3)55-44(32-13-7-4-8-14-32,33-15-9-5-10-16-33)34-17-11-6-12-18-34/h4-22,28,35-36,38,50H,23-27H2,1-3H3,(H,46,51)(H,48,53)/t35-,36-,38?/m0/s1. The van der Waals surface area contributed by atoms with Gasteiger partial charge in [0.25, 0.3) is 5.91 Å². The van der Waals surface area contributed by atoms with E-state index in [1.54, 1.807) is 11.3 Å². The fourth-order valence-electron chi connectivity index (χ4n) is 7.41. The zero-order valence-corrected chi connectivity index (χ0v) is 32.7. The van der Waals surface area contributed by atoms with Gasteiger partial charge in [0.05, 0.1) is 26.9 Å². The molecule has 5 aromatic rings. The van der Waals surface area contributed by atoms with Crippen LogP contribution in [0.25, 0.3) is 10.4 Å². The molecule has 1 aromatic heterocycles. The molecule has 1 saturated carbocycles. The van der Waals surface area contributed by atoms with Crippen molar-refractivity contribution in [2.75, 3.05) is 6.54 Å². The van der Waals surface area contributed by atoms with Crippen LogP contribution in [0.4, 0.5) is 4.39 Å². The summed E-state index contributed by atoms with van der Waals surface area (Å²) >= 11 is 3.06. The average Bonchev–Trinajstić information content (AvgIpc) is 3.61. The molecule has 2 fully saturated rings. The van der Waals surface area contributed by atoms with Gasteiger partial charge in [0.1, 0.15) is 12.1 Å². The number of benzene rings is 4. The number of nitrogens with zero attached hydrogens (tertiary/aromatic N) is 2. The molecule has 4 aromatic carbocycles. The fourth-order valence-corrected chi connectivity index (χ4v) is 10.1. The first kappa shape index (κ1) is 38.4. The van der Waals surface area contributed by atoms with E-state index in [0.717, 1.165) is 38.4 Å². The summed E-state index contributed by atoms with van der Waals surface area (Å²) < 4.78 is 13.4. The average molecular weight is 777 g/mol. The maximum absolute atomic E-state index is 15.4. The van der Waals surface area contributed by atoms with E-state index in [4.69, 9.17) is 0 Å². The maximum Gasteiger partial charge on any atom is 0.258 e. The normalized spacial score (nSPS) is 18.4. The number of aliphatic hydroxyl groups excluding tert-OH is 1. The third-order valence-corrected chi connectivity index (χ3v) is 13.3. The van der Waals surface area contributed by atoms with Gasteiger partial charge in [-0.05, 0) is 61.4 Å². The summed E-state index contributed by atoms with van der Waals surface area (Å²) in [5.41, 5.74) is 5.49. The number of likely N-dealkylation sites (tertiary alicyclic amines) is 1. The van der Waals surface area contributed by atoms with Gasteiger partial charge in [-0.3, -0.25) is 14.4 Å². The smallest absolute Gasteiger partial charge is 0.258 e. The molecule has 3 atom stereocenters. The largest absolute Gasteiger partial charge is 0.391 e. The van der Waals surface area contributed by atoms with Crippen molar-refractivity contribution >= 4 is 40.8 Å². The van der Waals surface area contributed by atoms with E-state index >= 15 is 4.39 Å². The number of β-amino-alcohol motifs (C(OH)–C–C–N with tert-alkyl or cyclic N) is 1. The van der Waals surface area contributed by atoms with Crippen LogP contribution in [0.2, 0.25) is 0 Å². The Kier molecular flexibility index (Phi) is 11.0. The van der Waals surface area contributed by atoms with Gasteiger partial charge in [-0.15, -0.1) is 23.1 Å². The van der Waals surface area contributed by atoms with Crippen LogP contribution in [0.3, 0.4) is 0 Å². The van der Waals surface area contributed by atoms with E-state index in [1.807, 2.05) is 142 Å². The number of aryl methyl sites for hydroxylation is 1. The summed E-state index contributed by atoms with van der Waals surface area (Å²) in [6.45, 7) is 5.83. The number of nitrogens with one attached hydrogen (secondary N) is 2. The minimum Gasteiger partial charge on any atom is -0.391 e. The number of thioether (sulfide) groups is 1. The molecule has 55 heavy (non-hydrogen) atoms. The Morgan fingerprint density at radius 1 is 0.909 bits per heavy atom. The van der Waals surface area contributed by atoms with Crippen molar-refractivity contribution in [3.63, 3.8) is 0 Å². The summed E-state index contributed by atoms with van der Waals surface area (Å²) in [7, 11) is 0. The van der Waals surface area contributed by atoms with Gasteiger partial charge in [0.2, 0.25) is 11.8 Å². The van der Waals surface area contributed by atoms with Crippen LogP contribution in [0.1, 0.15) is 61.1 Å². The molecule has 8 nitrogen and oxygen atoms in total. The monoisotopic (exact) mass is 776 g/mol. The van der Waals surface area contributed by atoms with Crippen molar-refractivity contribution in [1.29, 1.82) is 0 Å². The second-order valence-electron chi connectivity index (χ2n) is 14.9. The number of thiazole rings is 1. The molecule has 11 heteroatoms. The lowest BCUT2D eigenvalue weighted by Gasteiger charge is -2.45. The quantitative estimate of drug-likeness (QED) is 0.109. The van der Waals surface area contributed by atoms with Gasteiger partial charge < -0.3 is 20.6 Å². The predicted octanol–water partition coefficient (Wildman–Crippen LogP) is 7.19. The summed E-state index contributed by atoms with van der Waals surface area (Å²) in [4.78, 5) is 49.1.